The normalized spacial score (nSPS) is 10.5. The van der Waals surface area contributed by atoms with Crippen LogP contribution in [0, 0.1) is 6.92 Å². The molecular formula is C11H10N2O4. The second-order valence-electron chi connectivity index (χ2n) is 3.56. The first-order valence-corrected chi connectivity index (χ1v) is 4.82. The van der Waals surface area contributed by atoms with Crippen molar-refractivity contribution in [3.63, 3.8) is 0 Å². The number of phenolic OH excluding ortho intramolecular Hbond substituents is 1. The van der Waals surface area contributed by atoms with Crippen molar-refractivity contribution in [1.82, 2.24) is 5.43 Å². The summed E-state index contributed by atoms with van der Waals surface area (Å²) < 4.78 is 4.90. The number of phenols is 1. The smallest absolute Gasteiger partial charge is 0.337 e. The Morgan fingerprint density at radius 1 is 1.47 bits per heavy atom. The number of fused-ring (bicyclic) bond motifs is 1. The minimum atomic E-state index is -0.681. The predicted molar refractivity (Wildman–Crippen MR) is 60.5 cm³/mol. The number of amides is 1. The highest BCUT2D eigenvalue weighted by atomic mass is 16.4. The van der Waals surface area contributed by atoms with Gasteiger partial charge in [-0.25, -0.2) is 10.6 Å². The van der Waals surface area contributed by atoms with Crippen LogP contribution >= 0.6 is 0 Å². The third kappa shape index (κ3) is 1.74. The first kappa shape index (κ1) is 11.2. The van der Waals surface area contributed by atoms with Gasteiger partial charge in [-0.3, -0.25) is 10.2 Å². The number of aromatic hydroxyl groups is 1. The number of carbonyl (C=O) groups is 1. The first-order valence-electron chi connectivity index (χ1n) is 4.82. The molecule has 0 saturated carbocycles. The SMILES string of the molecule is Cc1ccc2oc(=O)cc(C(=O)NN)c2c1O. The van der Waals surface area contributed by atoms with Crippen LogP contribution in [0.15, 0.2) is 27.4 Å². The highest BCUT2D eigenvalue weighted by Crippen LogP contribution is 2.30. The molecule has 2 aromatic rings. The first-order chi connectivity index (χ1) is 8.04. The largest absolute Gasteiger partial charge is 0.507 e. The van der Waals surface area contributed by atoms with Crippen LogP contribution < -0.4 is 16.9 Å². The molecule has 17 heavy (non-hydrogen) atoms. The van der Waals surface area contributed by atoms with E-state index in [9.17, 15) is 14.7 Å². The molecule has 1 heterocycles. The summed E-state index contributed by atoms with van der Waals surface area (Å²) >= 11 is 0. The molecule has 0 aliphatic carbocycles. The molecule has 1 aromatic carbocycles. The van der Waals surface area contributed by atoms with Crippen molar-refractivity contribution in [3.8, 4) is 5.75 Å². The third-order valence-corrected chi connectivity index (χ3v) is 2.46. The highest BCUT2D eigenvalue weighted by molar-refractivity contribution is 6.07. The minimum Gasteiger partial charge on any atom is -0.507 e. The van der Waals surface area contributed by atoms with Crippen LogP contribution in [-0.2, 0) is 0 Å². The molecule has 1 aromatic heterocycles. The number of benzene rings is 1. The maximum atomic E-state index is 11.5. The van der Waals surface area contributed by atoms with Crippen LogP contribution in [-0.4, -0.2) is 11.0 Å². The van der Waals surface area contributed by atoms with E-state index < -0.39 is 11.5 Å². The highest BCUT2D eigenvalue weighted by Gasteiger charge is 2.16. The van der Waals surface area contributed by atoms with E-state index in [0.717, 1.165) is 6.07 Å². The van der Waals surface area contributed by atoms with Gasteiger partial charge in [0.2, 0.25) is 0 Å². The zero-order chi connectivity index (χ0) is 12.6. The van der Waals surface area contributed by atoms with Crippen LogP contribution in [0.2, 0.25) is 0 Å². The summed E-state index contributed by atoms with van der Waals surface area (Å²) in [5.74, 6) is 4.25. The molecule has 0 radical (unpaired) electrons. The Kier molecular flexibility index (Phi) is 2.57. The zero-order valence-corrected chi connectivity index (χ0v) is 8.98. The summed E-state index contributed by atoms with van der Waals surface area (Å²) in [5, 5.41) is 10.1. The van der Waals surface area contributed by atoms with E-state index in [1.54, 1.807) is 13.0 Å². The molecule has 0 atom stereocenters. The summed E-state index contributed by atoms with van der Waals surface area (Å²) in [4.78, 5) is 22.8. The topological polar surface area (TPSA) is 106 Å². The third-order valence-electron chi connectivity index (χ3n) is 2.46. The van der Waals surface area contributed by atoms with Gasteiger partial charge in [-0.05, 0) is 18.6 Å². The summed E-state index contributed by atoms with van der Waals surface area (Å²) in [6, 6.07) is 4.09. The van der Waals surface area contributed by atoms with E-state index in [0.29, 0.717) is 5.56 Å². The lowest BCUT2D eigenvalue weighted by molar-refractivity contribution is 0.0954. The lowest BCUT2D eigenvalue weighted by atomic mass is 10.1. The van der Waals surface area contributed by atoms with Gasteiger partial charge in [-0.15, -0.1) is 0 Å². The van der Waals surface area contributed by atoms with Gasteiger partial charge in [0.05, 0.1) is 10.9 Å². The Labute approximate surface area is 95.6 Å². The van der Waals surface area contributed by atoms with E-state index in [-0.39, 0.29) is 22.3 Å². The van der Waals surface area contributed by atoms with E-state index in [4.69, 9.17) is 10.3 Å². The Morgan fingerprint density at radius 3 is 2.82 bits per heavy atom. The van der Waals surface area contributed by atoms with Crippen LogP contribution in [0.4, 0.5) is 0 Å². The molecular weight excluding hydrogens is 224 g/mol. The Balaban J connectivity index is 2.95. The molecule has 0 unspecified atom stereocenters. The molecule has 88 valence electrons. The zero-order valence-electron chi connectivity index (χ0n) is 8.98. The molecule has 0 aliphatic heterocycles. The fraction of sp³-hybridized carbons (Fsp3) is 0.0909. The van der Waals surface area contributed by atoms with Gasteiger partial charge >= 0.3 is 5.63 Å². The number of hydrogen-bond donors (Lipinski definition) is 3. The van der Waals surface area contributed by atoms with Gasteiger partial charge in [0.15, 0.2) is 0 Å². The lowest BCUT2D eigenvalue weighted by Gasteiger charge is -2.07. The number of carbonyl (C=O) groups excluding carboxylic acids is 1. The second kappa shape index (κ2) is 3.91. The van der Waals surface area contributed by atoms with Crippen molar-refractivity contribution in [2.45, 2.75) is 6.92 Å². The average molecular weight is 234 g/mol. The van der Waals surface area contributed by atoms with Gasteiger partial charge in [0.25, 0.3) is 5.91 Å². The van der Waals surface area contributed by atoms with Crippen LogP contribution in [0.5, 0.6) is 5.75 Å². The van der Waals surface area contributed by atoms with Crippen molar-refractivity contribution in [1.29, 1.82) is 0 Å². The molecule has 4 N–H and O–H groups in total. The average Bonchev–Trinajstić information content (AvgIpc) is 2.32. The number of hydrazine groups is 1. The minimum absolute atomic E-state index is 0.0139. The number of aryl methyl sites for hydroxylation is 1. The Morgan fingerprint density at radius 2 is 2.18 bits per heavy atom. The molecule has 0 bridgehead atoms. The maximum absolute atomic E-state index is 11.5. The fourth-order valence-corrected chi connectivity index (χ4v) is 1.61. The summed E-state index contributed by atoms with van der Waals surface area (Å²) in [6.07, 6.45) is 0. The molecule has 0 fully saturated rings. The monoisotopic (exact) mass is 234 g/mol. The molecule has 1 amide bonds. The van der Waals surface area contributed by atoms with Crippen LogP contribution in [0.1, 0.15) is 15.9 Å². The quantitative estimate of drug-likeness (QED) is 0.287. The molecule has 0 saturated heterocycles. The lowest BCUT2D eigenvalue weighted by Crippen LogP contribution is -2.30. The standard InChI is InChI=1S/C11H10N2O4/c1-5-2-3-7-9(10(5)15)6(11(16)13-12)4-8(14)17-7/h2-4,15H,12H2,1H3,(H,13,16). The Hall–Kier alpha value is -2.34. The number of hydrogen-bond acceptors (Lipinski definition) is 5. The summed E-state index contributed by atoms with van der Waals surface area (Å²) in [7, 11) is 0. The van der Waals surface area contributed by atoms with Crippen molar-refractivity contribution >= 4 is 16.9 Å². The van der Waals surface area contributed by atoms with Crippen molar-refractivity contribution in [2.75, 3.05) is 0 Å². The number of rotatable bonds is 1. The molecule has 6 heteroatoms. The second-order valence-corrected chi connectivity index (χ2v) is 3.56. The van der Waals surface area contributed by atoms with Gasteiger partial charge in [0.1, 0.15) is 11.3 Å². The molecule has 0 aliphatic rings. The maximum Gasteiger partial charge on any atom is 0.337 e. The Bertz CT molecular complexity index is 660. The number of nitrogen functional groups attached to an aromatic ring is 1. The number of nitrogens with two attached hydrogens (primary N) is 1. The molecule has 0 spiro atoms. The number of nitrogens with one attached hydrogen (secondary N) is 1. The van der Waals surface area contributed by atoms with Crippen molar-refractivity contribution < 1.29 is 14.3 Å². The van der Waals surface area contributed by atoms with Crippen molar-refractivity contribution in [2.24, 2.45) is 5.84 Å². The molecule has 2 rings (SSSR count). The van der Waals surface area contributed by atoms with Gasteiger partial charge in [-0.1, -0.05) is 6.07 Å². The van der Waals surface area contributed by atoms with E-state index >= 15 is 0 Å². The summed E-state index contributed by atoms with van der Waals surface area (Å²) in [5.41, 5.74) is 1.93. The predicted octanol–water partition coefficient (Wildman–Crippen LogP) is 0.411. The van der Waals surface area contributed by atoms with E-state index in [1.807, 2.05) is 5.43 Å². The van der Waals surface area contributed by atoms with Gasteiger partial charge < -0.3 is 9.52 Å². The van der Waals surface area contributed by atoms with Gasteiger partial charge in [0, 0.05) is 6.07 Å². The van der Waals surface area contributed by atoms with Gasteiger partial charge in [-0.2, -0.15) is 0 Å². The van der Waals surface area contributed by atoms with E-state index in [2.05, 4.69) is 0 Å². The molecule has 6 nitrogen and oxygen atoms in total. The fourth-order valence-electron chi connectivity index (χ4n) is 1.61. The van der Waals surface area contributed by atoms with Crippen molar-refractivity contribution in [3.05, 3.63) is 39.7 Å². The van der Waals surface area contributed by atoms with Crippen LogP contribution in [0.25, 0.3) is 11.0 Å². The van der Waals surface area contributed by atoms with Crippen LogP contribution in [0.3, 0.4) is 0 Å². The van der Waals surface area contributed by atoms with E-state index in [1.165, 1.54) is 6.07 Å². The summed E-state index contributed by atoms with van der Waals surface area (Å²) in [6.45, 7) is 1.67.